The van der Waals surface area contributed by atoms with Crippen molar-refractivity contribution in [2.75, 3.05) is 23.3 Å². The van der Waals surface area contributed by atoms with Gasteiger partial charge in [-0.25, -0.2) is 9.97 Å². The SMILES string of the molecule is CCc1cc(N2CCC(Nc3nnc(C)c(C)c3C#N)CC2)ncn1. The van der Waals surface area contributed by atoms with E-state index in [0.717, 1.165) is 55.1 Å². The van der Waals surface area contributed by atoms with E-state index in [1.165, 1.54) is 0 Å². The first-order valence-electron chi connectivity index (χ1n) is 8.68. The van der Waals surface area contributed by atoms with Crippen LogP contribution in [0, 0.1) is 25.2 Å². The van der Waals surface area contributed by atoms with E-state index in [1.54, 1.807) is 6.33 Å². The number of anilines is 2. The Morgan fingerprint density at radius 2 is 2.00 bits per heavy atom. The van der Waals surface area contributed by atoms with Crippen molar-refractivity contribution >= 4 is 11.6 Å². The van der Waals surface area contributed by atoms with Gasteiger partial charge in [0, 0.05) is 30.9 Å². The molecule has 0 aromatic carbocycles. The highest BCUT2D eigenvalue weighted by molar-refractivity contribution is 5.56. The minimum absolute atomic E-state index is 0.284. The maximum Gasteiger partial charge on any atom is 0.167 e. The molecule has 0 aliphatic carbocycles. The molecule has 1 saturated heterocycles. The maximum absolute atomic E-state index is 9.41. The number of nitrogens with one attached hydrogen (secondary N) is 1. The third-order valence-corrected chi connectivity index (χ3v) is 4.80. The molecule has 0 radical (unpaired) electrons. The summed E-state index contributed by atoms with van der Waals surface area (Å²) in [5.41, 5.74) is 3.35. The number of hydrogen-bond donors (Lipinski definition) is 1. The van der Waals surface area contributed by atoms with Gasteiger partial charge in [0.15, 0.2) is 5.82 Å². The molecule has 1 fully saturated rings. The molecule has 2 aromatic rings. The lowest BCUT2D eigenvalue weighted by atomic mass is 10.0. The molecule has 2 aromatic heterocycles. The molecule has 0 saturated carbocycles. The van der Waals surface area contributed by atoms with Gasteiger partial charge in [-0.1, -0.05) is 6.92 Å². The molecule has 7 heteroatoms. The van der Waals surface area contributed by atoms with Crippen LogP contribution >= 0.6 is 0 Å². The highest BCUT2D eigenvalue weighted by Gasteiger charge is 2.22. The van der Waals surface area contributed by atoms with Gasteiger partial charge >= 0.3 is 0 Å². The van der Waals surface area contributed by atoms with Crippen LogP contribution in [0.3, 0.4) is 0 Å². The number of nitrogens with zero attached hydrogens (tertiary/aromatic N) is 6. The molecule has 0 atom stereocenters. The monoisotopic (exact) mass is 337 g/mol. The molecule has 7 nitrogen and oxygen atoms in total. The summed E-state index contributed by atoms with van der Waals surface area (Å²) in [7, 11) is 0. The molecule has 3 rings (SSSR count). The smallest absolute Gasteiger partial charge is 0.167 e. The van der Waals surface area contributed by atoms with E-state index in [4.69, 9.17) is 0 Å². The summed E-state index contributed by atoms with van der Waals surface area (Å²) in [6, 6.07) is 4.60. The first-order valence-corrected chi connectivity index (χ1v) is 8.68. The molecule has 0 amide bonds. The highest BCUT2D eigenvalue weighted by Crippen LogP contribution is 2.23. The third kappa shape index (κ3) is 3.68. The average Bonchev–Trinajstić information content (AvgIpc) is 2.66. The molecular formula is C18H23N7. The van der Waals surface area contributed by atoms with Crippen molar-refractivity contribution in [3.05, 3.63) is 34.9 Å². The van der Waals surface area contributed by atoms with Gasteiger partial charge in [-0.05, 0) is 38.7 Å². The molecule has 0 unspecified atom stereocenters. The van der Waals surface area contributed by atoms with Gasteiger partial charge in [0.2, 0.25) is 0 Å². The van der Waals surface area contributed by atoms with E-state index in [-0.39, 0.29) is 6.04 Å². The third-order valence-electron chi connectivity index (χ3n) is 4.80. The zero-order valence-electron chi connectivity index (χ0n) is 15.0. The van der Waals surface area contributed by atoms with Gasteiger partial charge in [-0.15, -0.1) is 5.10 Å². The van der Waals surface area contributed by atoms with Crippen molar-refractivity contribution in [2.24, 2.45) is 0 Å². The Morgan fingerprint density at radius 1 is 1.24 bits per heavy atom. The fourth-order valence-corrected chi connectivity index (χ4v) is 3.04. The molecule has 3 heterocycles. The Morgan fingerprint density at radius 3 is 2.68 bits per heavy atom. The lowest BCUT2D eigenvalue weighted by molar-refractivity contribution is 0.521. The van der Waals surface area contributed by atoms with Crippen molar-refractivity contribution in [3.8, 4) is 6.07 Å². The fourth-order valence-electron chi connectivity index (χ4n) is 3.04. The van der Waals surface area contributed by atoms with Gasteiger partial charge in [0.25, 0.3) is 0 Å². The van der Waals surface area contributed by atoms with Gasteiger partial charge < -0.3 is 10.2 Å². The van der Waals surface area contributed by atoms with Crippen molar-refractivity contribution in [3.63, 3.8) is 0 Å². The van der Waals surface area contributed by atoms with Crippen LogP contribution in [0.2, 0.25) is 0 Å². The lowest BCUT2D eigenvalue weighted by Gasteiger charge is -2.33. The average molecular weight is 337 g/mol. The molecule has 1 aliphatic heterocycles. The van der Waals surface area contributed by atoms with Crippen LogP contribution in [-0.4, -0.2) is 39.3 Å². The van der Waals surface area contributed by atoms with E-state index in [2.05, 4.69) is 49.4 Å². The number of nitriles is 1. The summed E-state index contributed by atoms with van der Waals surface area (Å²) >= 11 is 0. The van der Waals surface area contributed by atoms with Gasteiger partial charge in [-0.3, -0.25) is 0 Å². The summed E-state index contributed by atoms with van der Waals surface area (Å²) in [6.45, 7) is 7.71. The summed E-state index contributed by atoms with van der Waals surface area (Å²) in [4.78, 5) is 10.9. The quantitative estimate of drug-likeness (QED) is 0.916. The molecule has 1 N–H and O–H groups in total. The predicted molar refractivity (Wildman–Crippen MR) is 96.5 cm³/mol. The molecule has 0 spiro atoms. The molecule has 130 valence electrons. The number of hydrogen-bond acceptors (Lipinski definition) is 7. The Kier molecular flexibility index (Phi) is 5.08. The molecule has 0 bridgehead atoms. The summed E-state index contributed by atoms with van der Waals surface area (Å²) < 4.78 is 0. The topological polar surface area (TPSA) is 90.6 Å². The van der Waals surface area contributed by atoms with Crippen LogP contribution in [0.1, 0.15) is 42.3 Å². The van der Waals surface area contributed by atoms with Crippen LogP contribution in [0.5, 0.6) is 0 Å². The number of piperidine rings is 1. The standard InChI is InChI=1S/C18H23N7/c1-4-14-9-17(21-11-20-14)25-7-5-15(6-8-25)22-18-16(10-19)12(2)13(3)23-24-18/h9,11,15H,4-8H2,1-3H3,(H,22,24). The van der Waals surface area contributed by atoms with Crippen molar-refractivity contribution in [1.82, 2.24) is 20.2 Å². The number of aryl methyl sites for hydroxylation is 2. The number of aromatic nitrogens is 4. The zero-order valence-corrected chi connectivity index (χ0v) is 15.0. The summed E-state index contributed by atoms with van der Waals surface area (Å²) in [5, 5.41) is 21.1. The Labute approximate surface area is 148 Å². The minimum Gasteiger partial charge on any atom is -0.365 e. The largest absolute Gasteiger partial charge is 0.365 e. The van der Waals surface area contributed by atoms with Crippen LogP contribution in [0.15, 0.2) is 12.4 Å². The number of rotatable bonds is 4. The second-order valence-electron chi connectivity index (χ2n) is 6.37. The van der Waals surface area contributed by atoms with Gasteiger partial charge in [0.05, 0.1) is 5.69 Å². The maximum atomic E-state index is 9.41. The van der Waals surface area contributed by atoms with E-state index >= 15 is 0 Å². The molecular weight excluding hydrogens is 314 g/mol. The first kappa shape index (κ1) is 17.1. The van der Waals surface area contributed by atoms with E-state index in [0.29, 0.717) is 11.4 Å². The second-order valence-corrected chi connectivity index (χ2v) is 6.37. The zero-order chi connectivity index (χ0) is 17.8. The van der Waals surface area contributed by atoms with Crippen LogP contribution in [0.25, 0.3) is 0 Å². The Balaban J connectivity index is 1.65. The highest BCUT2D eigenvalue weighted by atomic mass is 15.2. The van der Waals surface area contributed by atoms with Crippen molar-refractivity contribution in [2.45, 2.75) is 46.1 Å². The van der Waals surface area contributed by atoms with Crippen LogP contribution < -0.4 is 10.2 Å². The Hall–Kier alpha value is -2.75. The minimum atomic E-state index is 0.284. The van der Waals surface area contributed by atoms with E-state index < -0.39 is 0 Å². The van der Waals surface area contributed by atoms with Crippen LogP contribution in [0.4, 0.5) is 11.6 Å². The predicted octanol–water partition coefficient (Wildman–Crippen LogP) is 2.40. The summed E-state index contributed by atoms with van der Waals surface area (Å²) in [5.74, 6) is 1.59. The Bertz CT molecular complexity index is 788. The second kappa shape index (κ2) is 7.43. The van der Waals surface area contributed by atoms with Crippen molar-refractivity contribution in [1.29, 1.82) is 5.26 Å². The van der Waals surface area contributed by atoms with E-state index in [1.807, 2.05) is 13.8 Å². The van der Waals surface area contributed by atoms with E-state index in [9.17, 15) is 5.26 Å². The molecule has 1 aliphatic rings. The van der Waals surface area contributed by atoms with Crippen LogP contribution in [-0.2, 0) is 6.42 Å². The van der Waals surface area contributed by atoms with Gasteiger partial charge in [-0.2, -0.15) is 10.4 Å². The summed E-state index contributed by atoms with van der Waals surface area (Å²) in [6.07, 6.45) is 4.48. The first-order chi connectivity index (χ1) is 12.1. The fraction of sp³-hybridized carbons (Fsp3) is 0.500. The lowest BCUT2D eigenvalue weighted by Crippen LogP contribution is -2.40. The van der Waals surface area contributed by atoms with Gasteiger partial charge in [0.1, 0.15) is 23.8 Å². The normalized spacial score (nSPS) is 15.0. The van der Waals surface area contributed by atoms with Crippen molar-refractivity contribution < 1.29 is 0 Å². The molecule has 25 heavy (non-hydrogen) atoms.